The Morgan fingerprint density at radius 3 is 3.11 bits per heavy atom. The summed E-state index contributed by atoms with van der Waals surface area (Å²) in [4.78, 5) is 20.5. The van der Waals surface area contributed by atoms with Gasteiger partial charge in [0.1, 0.15) is 6.10 Å². The molecule has 8 nitrogen and oxygen atoms in total. The summed E-state index contributed by atoms with van der Waals surface area (Å²) in [6.45, 7) is 3.83. The van der Waals surface area contributed by atoms with E-state index in [1.165, 1.54) is 0 Å². The number of ether oxygens (including phenoxy) is 1. The molecule has 0 radical (unpaired) electrons. The Balaban J connectivity index is 1.38. The van der Waals surface area contributed by atoms with Crippen molar-refractivity contribution in [3.63, 3.8) is 0 Å². The highest BCUT2D eigenvalue weighted by Gasteiger charge is 2.30. The molecule has 1 fully saturated rings. The van der Waals surface area contributed by atoms with Gasteiger partial charge in [-0.1, -0.05) is 0 Å². The number of thiazole rings is 1. The fourth-order valence-electron chi connectivity index (χ4n) is 3.36. The highest BCUT2D eigenvalue weighted by Crippen LogP contribution is 2.36. The third-order valence-corrected chi connectivity index (χ3v) is 5.44. The summed E-state index contributed by atoms with van der Waals surface area (Å²) in [5, 5.41) is 13.5. The Hall–Kier alpha value is -2.68. The van der Waals surface area contributed by atoms with Crippen molar-refractivity contribution in [2.45, 2.75) is 51.2 Å². The van der Waals surface area contributed by atoms with E-state index in [1.807, 2.05) is 31.5 Å². The first-order valence-electron chi connectivity index (χ1n) is 9.06. The molecule has 1 aliphatic carbocycles. The third kappa shape index (κ3) is 4.02. The zero-order valence-electron chi connectivity index (χ0n) is 15.2. The van der Waals surface area contributed by atoms with Crippen molar-refractivity contribution in [1.29, 1.82) is 0 Å². The van der Waals surface area contributed by atoms with E-state index >= 15 is 0 Å². The molecule has 3 heterocycles. The Kier molecular flexibility index (Phi) is 4.93. The lowest BCUT2D eigenvalue weighted by atomic mass is 10.0. The molecule has 0 bridgehead atoms. The first kappa shape index (κ1) is 17.7. The average Bonchev–Trinajstić information content (AvgIpc) is 3.33. The molecule has 0 spiro atoms. The van der Waals surface area contributed by atoms with E-state index in [4.69, 9.17) is 4.74 Å². The number of alkyl carbamates (subject to hydrolysis) is 1. The van der Waals surface area contributed by atoms with Crippen LogP contribution in [-0.4, -0.2) is 38.4 Å². The largest absolute Gasteiger partial charge is 0.446 e. The van der Waals surface area contributed by atoms with Crippen molar-refractivity contribution in [1.82, 2.24) is 25.5 Å². The van der Waals surface area contributed by atoms with Crippen molar-refractivity contribution in [3.8, 4) is 0 Å². The van der Waals surface area contributed by atoms with Gasteiger partial charge in [-0.05, 0) is 39.2 Å². The molecule has 4 rings (SSSR count). The van der Waals surface area contributed by atoms with Gasteiger partial charge in [0, 0.05) is 29.9 Å². The molecule has 0 saturated heterocycles. The van der Waals surface area contributed by atoms with Crippen LogP contribution < -0.4 is 10.6 Å². The maximum atomic E-state index is 11.8. The number of rotatable bonds is 5. The van der Waals surface area contributed by atoms with E-state index in [0.29, 0.717) is 5.92 Å². The molecule has 1 amide bonds. The van der Waals surface area contributed by atoms with Gasteiger partial charge in [-0.3, -0.25) is 5.10 Å². The predicted molar refractivity (Wildman–Crippen MR) is 104 cm³/mol. The van der Waals surface area contributed by atoms with E-state index in [9.17, 15) is 4.79 Å². The Morgan fingerprint density at radius 1 is 1.37 bits per heavy atom. The van der Waals surface area contributed by atoms with E-state index in [1.54, 1.807) is 17.5 Å². The lowest BCUT2D eigenvalue weighted by molar-refractivity contribution is 0.0981. The summed E-state index contributed by atoms with van der Waals surface area (Å²) in [6, 6.07) is 3.97. The number of anilines is 2. The summed E-state index contributed by atoms with van der Waals surface area (Å²) in [6.07, 6.45) is 3.96. The number of carbonyl (C=O) groups excluding carboxylic acids is 1. The number of fused-ring (bicyclic) bond motifs is 1. The molecule has 0 unspecified atom stereocenters. The number of aromatic nitrogens is 4. The molecule has 0 aromatic carbocycles. The average molecular weight is 386 g/mol. The van der Waals surface area contributed by atoms with Gasteiger partial charge in [-0.2, -0.15) is 5.10 Å². The molecule has 27 heavy (non-hydrogen) atoms. The van der Waals surface area contributed by atoms with E-state index in [-0.39, 0.29) is 18.2 Å². The molecule has 3 aromatic rings. The van der Waals surface area contributed by atoms with Crippen molar-refractivity contribution in [2.24, 2.45) is 0 Å². The number of carbonyl (C=O) groups is 1. The van der Waals surface area contributed by atoms with Gasteiger partial charge in [-0.25, -0.2) is 14.8 Å². The maximum Gasteiger partial charge on any atom is 0.407 e. The molecule has 3 N–H and O–H groups in total. The van der Waals surface area contributed by atoms with Crippen LogP contribution in [0.25, 0.3) is 10.2 Å². The van der Waals surface area contributed by atoms with Gasteiger partial charge in [0.15, 0.2) is 11.6 Å². The highest BCUT2D eigenvalue weighted by molar-refractivity contribution is 7.17. The van der Waals surface area contributed by atoms with Crippen LogP contribution in [-0.2, 0) is 4.74 Å². The Labute approximate surface area is 160 Å². The standard InChI is InChI=1S/C18H22N6O2S/c1-10(2)21-18(25)26-12-4-3-11(7-12)14-8-15(24-23-14)22-17-16-13(5-6-19-17)20-9-27-16/h5-6,8-12H,3-4,7H2,1-2H3,(H,21,25)(H2,19,22,23,24)/t11-,12+/m1/s1. The topological polar surface area (TPSA) is 105 Å². The number of pyridine rings is 1. The summed E-state index contributed by atoms with van der Waals surface area (Å²) in [5.41, 5.74) is 3.77. The van der Waals surface area contributed by atoms with Crippen molar-refractivity contribution in [3.05, 3.63) is 29.5 Å². The molecular weight excluding hydrogens is 364 g/mol. The minimum atomic E-state index is -0.341. The number of nitrogens with one attached hydrogen (secondary N) is 3. The van der Waals surface area contributed by atoms with Crippen molar-refractivity contribution >= 4 is 39.3 Å². The quantitative estimate of drug-likeness (QED) is 0.614. The molecule has 3 aromatic heterocycles. The number of H-pyrrole nitrogens is 1. The summed E-state index contributed by atoms with van der Waals surface area (Å²) in [7, 11) is 0. The van der Waals surface area contributed by atoms with Crippen LogP contribution in [0.4, 0.5) is 16.4 Å². The summed E-state index contributed by atoms with van der Waals surface area (Å²) in [5.74, 6) is 1.78. The fourth-order valence-corrected chi connectivity index (χ4v) is 4.09. The number of hydrogen-bond acceptors (Lipinski definition) is 7. The Morgan fingerprint density at radius 2 is 2.26 bits per heavy atom. The number of hydrogen-bond donors (Lipinski definition) is 3. The molecule has 2 atom stereocenters. The second-order valence-corrected chi connectivity index (χ2v) is 7.88. The molecule has 1 saturated carbocycles. The molecule has 9 heteroatoms. The van der Waals surface area contributed by atoms with Crippen molar-refractivity contribution in [2.75, 3.05) is 5.32 Å². The van der Waals surface area contributed by atoms with E-state index < -0.39 is 0 Å². The predicted octanol–water partition coefficient (Wildman–Crippen LogP) is 3.93. The monoisotopic (exact) mass is 386 g/mol. The number of amides is 1. The third-order valence-electron chi connectivity index (χ3n) is 4.59. The molecule has 1 aliphatic rings. The molecular formula is C18H22N6O2S. The zero-order chi connectivity index (χ0) is 18.8. The van der Waals surface area contributed by atoms with Gasteiger partial charge in [-0.15, -0.1) is 11.3 Å². The van der Waals surface area contributed by atoms with Crippen LogP contribution in [0.2, 0.25) is 0 Å². The first-order chi connectivity index (χ1) is 13.1. The van der Waals surface area contributed by atoms with Crippen LogP contribution in [0.3, 0.4) is 0 Å². The first-order valence-corrected chi connectivity index (χ1v) is 9.94. The van der Waals surface area contributed by atoms with Crippen LogP contribution in [0.5, 0.6) is 0 Å². The van der Waals surface area contributed by atoms with Crippen LogP contribution in [0, 0.1) is 0 Å². The minimum Gasteiger partial charge on any atom is -0.446 e. The summed E-state index contributed by atoms with van der Waals surface area (Å²) >= 11 is 1.55. The SMILES string of the molecule is CC(C)NC(=O)O[C@H]1CC[C@@H](c2cc(Nc3nccc4ncsc34)n[nH]2)C1. The highest BCUT2D eigenvalue weighted by atomic mass is 32.1. The number of aromatic amines is 1. The van der Waals surface area contributed by atoms with Crippen LogP contribution in [0.1, 0.15) is 44.7 Å². The zero-order valence-corrected chi connectivity index (χ0v) is 16.0. The van der Waals surface area contributed by atoms with Crippen LogP contribution >= 0.6 is 11.3 Å². The lowest BCUT2D eigenvalue weighted by Crippen LogP contribution is -2.33. The van der Waals surface area contributed by atoms with E-state index in [2.05, 4.69) is 30.8 Å². The van der Waals surface area contributed by atoms with Gasteiger partial charge in [0.2, 0.25) is 0 Å². The second-order valence-electron chi connectivity index (χ2n) is 7.03. The number of nitrogens with zero attached hydrogens (tertiary/aromatic N) is 3. The summed E-state index contributed by atoms with van der Waals surface area (Å²) < 4.78 is 6.51. The Bertz CT molecular complexity index is 937. The van der Waals surface area contributed by atoms with Gasteiger partial charge in [0.05, 0.1) is 15.7 Å². The normalized spacial score (nSPS) is 19.5. The second kappa shape index (κ2) is 7.51. The van der Waals surface area contributed by atoms with Crippen LogP contribution in [0.15, 0.2) is 23.8 Å². The minimum absolute atomic E-state index is 0.0546. The maximum absolute atomic E-state index is 11.8. The van der Waals surface area contributed by atoms with Crippen molar-refractivity contribution < 1.29 is 9.53 Å². The van der Waals surface area contributed by atoms with Gasteiger partial charge in [0.25, 0.3) is 0 Å². The smallest absolute Gasteiger partial charge is 0.407 e. The molecule has 0 aliphatic heterocycles. The fraction of sp³-hybridized carbons (Fsp3) is 0.444. The van der Waals surface area contributed by atoms with Gasteiger partial charge < -0.3 is 15.4 Å². The molecule has 142 valence electrons. The van der Waals surface area contributed by atoms with Gasteiger partial charge >= 0.3 is 6.09 Å². The van der Waals surface area contributed by atoms with E-state index in [0.717, 1.165) is 46.8 Å². The lowest BCUT2D eigenvalue weighted by Gasteiger charge is -2.14.